The summed E-state index contributed by atoms with van der Waals surface area (Å²) in [7, 11) is 0. The van der Waals surface area contributed by atoms with E-state index >= 15 is 0 Å². The number of ketones is 2. The Balaban J connectivity index is 2.12. The van der Waals surface area contributed by atoms with E-state index in [0.29, 0.717) is 22.5 Å². The van der Waals surface area contributed by atoms with E-state index in [-0.39, 0.29) is 23.6 Å². The molecule has 23 heavy (non-hydrogen) atoms. The Bertz CT molecular complexity index is 676. The van der Waals surface area contributed by atoms with Crippen LogP contribution in [0, 0.1) is 12.8 Å². The summed E-state index contributed by atoms with van der Waals surface area (Å²) in [6.07, 6.45) is 5.27. The van der Waals surface area contributed by atoms with Gasteiger partial charge in [0.25, 0.3) is 0 Å². The molecule has 1 saturated carbocycles. The SMILES string of the molecule is Cc1ccc2c(c1)C(=O)C(C1CCCCC1)=C(OC(C)C)C2=O. The molecule has 0 spiro atoms. The quantitative estimate of drug-likeness (QED) is 0.817. The number of carbonyl (C=O) groups is 2. The molecule has 122 valence electrons. The minimum Gasteiger partial charge on any atom is -0.486 e. The van der Waals surface area contributed by atoms with Gasteiger partial charge in [-0.05, 0) is 51.7 Å². The number of aryl methyl sites for hydroxylation is 1. The van der Waals surface area contributed by atoms with Crippen molar-refractivity contribution in [3.8, 4) is 0 Å². The Morgan fingerprint density at radius 1 is 1.00 bits per heavy atom. The summed E-state index contributed by atoms with van der Waals surface area (Å²) >= 11 is 0. The molecule has 0 saturated heterocycles. The van der Waals surface area contributed by atoms with E-state index in [1.807, 2.05) is 32.9 Å². The standard InChI is InChI=1S/C20H24O3/c1-12(2)23-20-17(14-7-5-4-6-8-14)18(21)16-11-13(3)9-10-15(16)19(20)22/h9-12,14H,4-8H2,1-3H3. The van der Waals surface area contributed by atoms with Crippen molar-refractivity contribution >= 4 is 11.6 Å². The molecule has 1 aromatic carbocycles. The first-order valence-corrected chi connectivity index (χ1v) is 8.60. The van der Waals surface area contributed by atoms with Crippen LogP contribution in [0.25, 0.3) is 0 Å². The Hall–Kier alpha value is -1.90. The van der Waals surface area contributed by atoms with Gasteiger partial charge in [-0.1, -0.05) is 30.9 Å². The zero-order valence-corrected chi connectivity index (χ0v) is 14.1. The summed E-state index contributed by atoms with van der Waals surface area (Å²) < 4.78 is 5.84. The number of hydrogen-bond acceptors (Lipinski definition) is 3. The van der Waals surface area contributed by atoms with Gasteiger partial charge in [0.1, 0.15) is 0 Å². The average Bonchev–Trinajstić information content (AvgIpc) is 2.53. The molecule has 0 heterocycles. The zero-order valence-electron chi connectivity index (χ0n) is 14.1. The van der Waals surface area contributed by atoms with Gasteiger partial charge in [-0.25, -0.2) is 0 Å². The molecule has 0 unspecified atom stereocenters. The van der Waals surface area contributed by atoms with Crippen LogP contribution >= 0.6 is 0 Å². The molecular formula is C20H24O3. The maximum atomic E-state index is 13.1. The highest BCUT2D eigenvalue weighted by molar-refractivity contribution is 6.26. The highest BCUT2D eigenvalue weighted by Gasteiger charge is 2.38. The number of rotatable bonds is 3. The minimum absolute atomic E-state index is 0.00847. The summed E-state index contributed by atoms with van der Waals surface area (Å²) in [5.74, 6) is 0.315. The molecule has 2 aliphatic carbocycles. The summed E-state index contributed by atoms with van der Waals surface area (Å²) in [5, 5.41) is 0. The van der Waals surface area contributed by atoms with Crippen LogP contribution in [0.5, 0.6) is 0 Å². The Labute approximate surface area is 137 Å². The number of carbonyl (C=O) groups excluding carboxylic acids is 2. The van der Waals surface area contributed by atoms with Crippen LogP contribution in [0.15, 0.2) is 29.5 Å². The van der Waals surface area contributed by atoms with Gasteiger partial charge in [-0.15, -0.1) is 0 Å². The summed E-state index contributed by atoms with van der Waals surface area (Å²) in [5.41, 5.74) is 2.66. The van der Waals surface area contributed by atoms with E-state index in [9.17, 15) is 9.59 Å². The molecule has 3 nitrogen and oxygen atoms in total. The van der Waals surface area contributed by atoms with Crippen LogP contribution < -0.4 is 0 Å². The van der Waals surface area contributed by atoms with Crippen molar-refractivity contribution < 1.29 is 14.3 Å². The van der Waals surface area contributed by atoms with E-state index in [1.54, 1.807) is 6.07 Å². The van der Waals surface area contributed by atoms with Gasteiger partial charge < -0.3 is 4.74 Å². The normalized spacial score (nSPS) is 19.3. The smallest absolute Gasteiger partial charge is 0.228 e. The van der Waals surface area contributed by atoms with E-state index < -0.39 is 0 Å². The first kappa shape index (κ1) is 16.0. The van der Waals surface area contributed by atoms with E-state index in [2.05, 4.69) is 0 Å². The Kier molecular flexibility index (Phi) is 4.38. The lowest BCUT2D eigenvalue weighted by Crippen LogP contribution is -2.29. The monoisotopic (exact) mass is 312 g/mol. The number of ether oxygens (including phenoxy) is 1. The van der Waals surface area contributed by atoms with Gasteiger partial charge in [0.2, 0.25) is 5.78 Å². The molecule has 3 rings (SSSR count). The molecule has 0 aromatic heterocycles. The average molecular weight is 312 g/mol. The van der Waals surface area contributed by atoms with Gasteiger partial charge in [-0.3, -0.25) is 9.59 Å². The predicted octanol–water partition coefficient (Wildman–Crippen LogP) is 4.63. The third-order valence-corrected chi connectivity index (χ3v) is 4.73. The van der Waals surface area contributed by atoms with Gasteiger partial charge >= 0.3 is 0 Å². The first-order chi connectivity index (χ1) is 11.0. The molecule has 0 aliphatic heterocycles. The highest BCUT2D eigenvalue weighted by atomic mass is 16.5. The van der Waals surface area contributed by atoms with E-state index in [4.69, 9.17) is 4.74 Å². The fourth-order valence-electron chi connectivity index (χ4n) is 3.65. The largest absolute Gasteiger partial charge is 0.486 e. The van der Waals surface area contributed by atoms with Crippen molar-refractivity contribution in [3.05, 3.63) is 46.2 Å². The molecule has 0 amide bonds. The van der Waals surface area contributed by atoms with Crippen LogP contribution in [0.1, 0.15) is 72.2 Å². The van der Waals surface area contributed by atoms with Crippen molar-refractivity contribution in [2.45, 2.75) is 59.0 Å². The number of allylic oxidation sites excluding steroid dienone is 2. The molecular weight excluding hydrogens is 288 g/mol. The van der Waals surface area contributed by atoms with Crippen LogP contribution in [0.2, 0.25) is 0 Å². The number of benzene rings is 1. The number of hydrogen-bond donors (Lipinski definition) is 0. The van der Waals surface area contributed by atoms with Crippen molar-refractivity contribution in [2.24, 2.45) is 5.92 Å². The Morgan fingerprint density at radius 3 is 2.35 bits per heavy atom. The molecule has 0 atom stereocenters. The summed E-state index contributed by atoms with van der Waals surface area (Å²) in [6.45, 7) is 5.74. The first-order valence-electron chi connectivity index (χ1n) is 8.60. The number of Topliss-reactive ketones (excluding diaryl/α,β-unsaturated/α-hetero) is 2. The van der Waals surface area contributed by atoms with Gasteiger partial charge in [0.05, 0.1) is 6.10 Å². The maximum absolute atomic E-state index is 13.1. The molecule has 1 fully saturated rings. The predicted molar refractivity (Wildman–Crippen MR) is 89.7 cm³/mol. The molecule has 0 bridgehead atoms. The second-order valence-corrected chi connectivity index (χ2v) is 6.95. The highest BCUT2D eigenvalue weighted by Crippen LogP contribution is 2.38. The molecule has 3 heteroatoms. The van der Waals surface area contributed by atoms with Crippen LogP contribution in [0.3, 0.4) is 0 Å². The molecule has 0 radical (unpaired) electrons. The summed E-state index contributed by atoms with van der Waals surface area (Å²) in [4.78, 5) is 26.0. The fraction of sp³-hybridized carbons (Fsp3) is 0.500. The Morgan fingerprint density at radius 2 is 1.70 bits per heavy atom. The maximum Gasteiger partial charge on any atom is 0.228 e. The lowest BCUT2D eigenvalue weighted by Gasteiger charge is -2.30. The van der Waals surface area contributed by atoms with Crippen molar-refractivity contribution in [2.75, 3.05) is 0 Å². The third kappa shape index (κ3) is 2.97. The van der Waals surface area contributed by atoms with Gasteiger partial charge in [0.15, 0.2) is 11.5 Å². The topological polar surface area (TPSA) is 43.4 Å². The molecule has 0 N–H and O–H groups in total. The second-order valence-electron chi connectivity index (χ2n) is 6.95. The number of fused-ring (bicyclic) bond motifs is 1. The van der Waals surface area contributed by atoms with Crippen LogP contribution in [0.4, 0.5) is 0 Å². The van der Waals surface area contributed by atoms with Crippen molar-refractivity contribution in [1.29, 1.82) is 0 Å². The fourth-order valence-corrected chi connectivity index (χ4v) is 3.65. The molecule has 1 aromatic rings. The molecule has 2 aliphatic rings. The van der Waals surface area contributed by atoms with E-state index in [0.717, 1.165) is 31.2 Å². The van der Waals surface area contributed by atoms with Crippen molar-refractivity contribution in [3.63, 3.8) is 0 Å². The summed E-state index contributed by atoms with van der Waals surface area (Å²) in [6, 6.07) is 5.47. The minimum atomic E-state index is -0.131. The van der Waals surface area contributed by atoms with Crippen molar-refractivity contribution in [1.82, 2.24) is 0 Å². The lowest BCUT2D eigenvalue weighted by atomic mass is 9.76. The third-order valence-electron chi connectivity index (χ3n) is 4.73. The lowest BCUT2D eigenvalue weighted by molar-refractivity contribution is 0.0780. The van der Waals surface area contributed by atoms with Crippen LogP contribution in [-0.4, -0.2) is 17.7 Å². The van der Waals surface area contributed by atoms with Gasteiger partial charge in [-0.2, -0.15) is 0 Å². The van der Waals surface area contributed by atoms with E-state index in [1.165, 1.54) is 6.42 Å². The van der Waals surface area contributed by atoms with Crippen LogP contribution in [-0.2, 0) is 4.74 Å². The zero-order chi connectivity index (χ0) is 16.6. The van der Waals surface area contributed by atoms with Gasteiger partial charge in [0, 0.05) is 16.7 Å². The second kappa shape index (κ2) is 6.31.